The third kappa shape index (κ3) is 6.05. The first-order chi connectivity index (χ1) is 18.6. The highest BCUT2D eigenvalue weighted by Crippen LogP contribution is 2.31. The summed E-state index contributed by atoms with van der Waals surface area (Å²) in [7, 11) is 1.47. The number of rotatable bonds is 8. The number of nitrogens with one attached hydrogen (secondary N) is 2. The van der Waals surface area contributed by atoms with Crippen LogP contribution in [-0.2, 0) is 14.3 Å². The second kappa shape index (κ2) is 11.6. The van der Waals surface area contributed by atoms with Gasteiger partial charge in [0.2, 0.25) is 0 Å². The summed E-state index contributed by atoms with van der Waals surface area (Å²) in [5.41, 5.74) is 1.34. The minimum absolute atomic E-state index is 0.154. The van der Waals surface area contributed by atoms with E-state index in [1.807, 2.05) is 0 Å². The number of hydrogen-bond acceptors (Lipinski definition) is 7. The topological polar surface area (TPSA) is 114 Å². The van der Waals surface area contributed by atoms with Crippen LogP contribution in [0, 0.1) is 0 Å². The van der Waals surface area contributed by atoms with Crippen molar-refractivity contribution in [3.05, 3.63) is 93.6 Å². The van der Waals surface area contributed by atoms with E-state index in [0.717, 1.165) is 4.90 Å². The first-order valence-corrected chi connectivity index (χ1v) is 12.5. The molecule has 3 amide bonds. The predicted molar refractivity (Wildman–Crippen MR) is 148 cm³/mol. The van der Waals surface area contributed by atoms with E-state index in [-0.39, 0.29) is 33.6 Å². The van der Waals surface area contributed by atoms with Crippen LogP contribution in [0.25, 0.3) is 0 Å². The number of imide groups is 1. The minimum atomic E-state index is -0.733. The molecule has 1 aliphatic heterocycles. The average molecular weight is 568 g/mol. The quantitative estimate of drug-likeness (QED) is 0.269. The highest BCUT2D eigenvalue weighted by molar-refractivity contribution is 6.53. The normalized spacial score (nSPS) is 13.1. The third-order valence-electron chi connectivity index (χ3n) is 5.54. The maximum atomic E-state index is 13.2. The molecule has 0 aliphatic carbocycles. The van der Waals surface area contributed by atoms with Gasteiger partial charge in [-0.15, -0.1) is 0 Å². The Morgan fingerprint density at radius 3 is 2.28 bits per heavy atom. The van der Waals surface area contributed by atoms with E-state index in [2.05, 4.69) is 10.6 Å². The van der Waals surface area contributed by atoms with Gasteiger partial charge in [0.1, 0.15) is 16.5 Å². The zero-order valence-corrected chi connectivity index (χ0v) is 22.6. The Bertz CT molecular complexity index is 1500. The van der Waals surface area contributed by atoms with Crippen molar-refractivity contribution in [1.29, 1.82) is 0 Å². The smallest absolute Gasteiger partial charge is 0.338 e. The fourth-order valence-electron chi connectivity index (χ4n) is 3.73. The lowest BCUT2D eigenvalue weighted by atomic mass is 10.1. The Hall–Kier alpha value is -4.34. The average Bonchev–Trinajstić information content (AvgIpc) is 3.11. The SMILES string of the molecule is COc1ccc(Cl)cc1NC(=O)c1cccc(NC2=C(Cl)C(=O)N(c3ccc(C(=O)OC(C)C)cc3)C2=O)c1. The van der Waals surface area contributed by atoms with Gasteiger partial charge in [0.15, 0.2) is 0 Å². The Morgan fingerprint density at radius 1 is 0.897 bits per heavy atom. The maximum absolute atomic E-state index is 13.2. The van der Waals surface area contributed by atoms with E-state index >= 15 is 0 Å². The van der Waals surface area contributed by atoms with Gasteiger partial charge in [0.05, 0.1) is 30.2 Å². The molecule has 0 aromatic heterocycles. The van der Waals surface area contributed by atoms with Crippen LogP contribution in [0.15, 0.2) is 77.5 Å². The molecule has 0 saturated heterocycles. The van der Waals surface area contributed by atoms with E-state index in [1.165, 1.54) is 37.4 Å². The number of methoxy groups -OCH3 is 1. The fraction of sp³-hybridized carbons (Fsp3) is 0.143. The zero-order chi connectivity index (χ0) is 28.3. The van der Waals surface area contributed by atoms with Crippen LogP contribution in [0.5, 0.6) is 5.75 Å². The number of carbonyl (C=O) groups excluding carboxylic acids is 4. The molecule has 0 radical (unpaired) electrons. The Morgan fingerprint density at radius 2 is 1.62 bits per heavy atom. The van der Waals surface area contributed by atoms with Gasteiger partial charge in [0.25, 0.3) is 17.7 Å². The Balaban J connectivity index is 1.51. The van der Waals surface area contributed by atoms with Crippen molar-refractivity contribution in [1.82, 2.24) is 0 Å². The van der Waals surface area contributed by atoms with Gasteiger partial charge in [-0.05, 0) is 74.5 Å². The van der Waals surface area contributed by atoms with Gasteiger partial charge in [-0.3, -0.25) is 14.4 Å². The van der Waals surface area contributed by atoms with E-state index in [4.69, 9.17) is 32.7 Å². The number of amides is 3. The molecule has 2 N–H and O–H groups in total. The summed E-state index contributed by atoms with van der Waals surface area (Å²) >= 11 is 12.3. The minimum Gasteiger partial charge on any atom is -0.495 e. The van der Waals surface area contributed by atoms with Crippen molar-refractivity contribution in [2.75, 3.05) is 22.6 Å². The van der Waals surface area contributed by atoms with E-state index in [1.54, 1.807) is 50.2 Å². The van der Waals surface area contributed by atoms with Crippen molar-refractivity contribution >= 4 is 64.0 Å². The number of nitrogens with zero attached hydrogens (tertiary/aromatic N) is 1. The zero-order valence-electron chi connectivity index (χ0n) is 21.1. The van der Waals surface area contributed by atoms with Crippen LogP contribution < -0.4 is 20.3 Å². The first-order valence-electron chi connectivity index (χ1n) is 11.7. The Kier molecular flexibility index (Phi) is 8.23. The van der Waals surface area contributed by atoms with Crippen LogP contribution in [0.4, 0.5) is 17.1 Å². The van der Waals surface area contributed by atoms with Gasteiger partial charge in [-0.1, -0.05) is 29.3 Å². The van der Waals surface area contributed by atoms with Crippen molar-refractivity contribution in [2.24, 2.45) is 0 Å². The molecule has 0 fully saturated rings. The van der Waals surface area contributed by atoms with Crippen LogP contribution in [0.2, 0.25) is 5.02 Å². The van der Waals surface area contributed by atoms with Gasteiger partial charge >= 0.3 is 5.97 Å². The molecular weight excluding hydrogens is 545 g/mol. The Labute approximate surface area is 234 Å². The highest BCUT2D eigenvalue weighted by atomic mass is 35.5. The van der Waals surface area contributed by atoms with Crippen molar-refractivity contribution in [2.45, 2.75) is 20.0 Å². The summed E-state index contributed by atoms with van der Waals surface area (Å²) in [6, 6.07) is 16.9. The number of benzene rings is 3. The second-order valence-electron chi connectivity index (χ2n) is 8.64. The summed E-state index contributed by atoms with van der Waals surface area (Å²) in [4.78, 5) is 51.9. The summed E-state index contributed by atoms with van der Waals surface area (Å²) < 4.78 is 10.4. The van der Waals surface area contributed by atoms with Crippen molar-refractivity contribution in [3.8, 4) is 5.75 Å². The van der Waals surface area contributed by atoms with E-state index < -0.39 is 23.7 Å². The molecule has 3 aromatic carbocycles. The van der Waals surface area contributed by atoms with Gasteiger partial charge < -0.3 is 20.1 Å². The summed E-state index contributed by atoms with van der Waals surface area (Å²) in [6.45, 7) is 3.46. The highest BCUT2D eigenvalue weighted by Gasteiger charge is 2.39. The lowest BCUT2D eigenvalue weighted by Crippen LogP contribution is -2.32. The number of ether oxygens (including phenoxy) is 2. The molecule has 11 heteroatoms. The van der Waals surface area contributed by atoms with Gasteiger partial charge in [0, 0.05) is 16.3 Å². The fourth-order valence-corrected chi connectivity index (χ4v) is 4.11. The molecule has 0 unspecified atom stereocenters. The third-order valence-corrected chi connectivity index (χ3v) is 6.12. The van der Waals surface area contributed by atoms with Crippen LogP contribution in [0.1, 0.15) is 34.6 Å². The maximum Gasteiger partial charge on any atom is 0.338 e. The summed E-state index contributed by atoms with van der Waals surface area (Å²) in [6.07, 6.45) is -0.292. The molecule has 0 bridgehead atoms. The molecular formula is C28H23Cl2N3O6. The number of hydrogen-bond donors (Lipinski definition) is 2. The molecule has 4 rings (SSSR count). The first kappa shape index (κ1) is 27.7. The molecule has 0 spiro atoms. The molecule has 200 valence electrons. The largest absolute Gasteiger partial charge is 0.495 e. The van der Waals surface area contributed by atoms with E-state index in [9.17, 15) is 19.2 Å². The summed E-state index contributed by atoms with van der Waals surface area (Å²) in [5.74, 6) is -1.97. The van der Waals surface area contributed by atoms with Gasteiger partial charge in [-0.2, -0.15) is 0 Å². The monoisotopic (exact) mass is 567 g/mol. The predicted octanol–water partition coefficient (Wildman–Crippen LogP) is 5.60. The van der Waals surface area contributed by atoms with Crippen LogP contribution in [-0.4, -0.2) is 36.9 Å². The van der Waals surface area contributed by atoms with Crippen LogP contribution in [0.3, 0.4) is 0 Å². The number of halogens is 2. The van der Waals surface area contributed by atoms with E-state index in [0.29, 0.717) is 22.1 Å². The number of esters is 1. The van der Waals surface area contributed by atoms with Crippen molar-refractivity contribution < 1.29 is 28.7 Å². The van der Waals surface area contributed by atoms with Crippen molar-refractivity contribution in [3.63, 3.8) is 0 Å². The number of anilines is 3. The molecule has 1 aliphatic rings. The van der Waals surface area contributed by atoms with Gasteiger partial charge in [-0.25, -0.2) is 9.69 Å². The van der Waals surface area contributed by atoms with Crippen LogP contribution >= 0.6 is 23.2 Å². The molecule has 39 heavy (non-hydrogen) atoms. The molecule has 1 heterocycles. The lowest BCUT2D eigenvalue weighted by molar-refractivity contribution is -0.120. The second-order valence-corrected chi connectivity index (χ2v) is 9.45. The molecule has 0 saturated carbocycles. The molecule has 0 atom stereocenters. The molecule has 3 aromatic rings. The number of carbonyl (C=O) groups is 4. The summed E-state index contributed by atoms with van der Waals surface area (Å²) in [5, 5.41) is 5.69. The standard InChI is InChI=1S/C28H23Cl2N3O6/c1-15(2)39-28(37)16-7-10-20(11-8-16)33-26(35)23(30)24(27(33)36)31-19-6-4-5-17(13-19)25(34)32-21-14-18(29)9-12-22(21)38-3/h4-15,31H,1-3H3,(H,32,34). The molecule has 9 nitrogen and oxygen atoms in total. The lowest BCUT2D eigenvalue weighted by Gasteiger charge is -2.16.